The molecule has 3 N–H and O–H groups in total. The third-order valence-corrected chi connectivity index (χ3v) is 1.84. The number of nitrogens with zero attached hydrogens (tertiary/aromatic N) is 2. The molecule has 1 unspecified atom stereocenters. The van der Waals surface area contributed by atoms with Crippen molar-refractivity contribution in [2.45, 2.75) is 26.3 Å². The van der Waals surface area contributed by atoms with Crippen molar-refractivity contribution in [3.05, 3.63) is 6.33 Å². The van der Waals surface area contributed by atoms with Crippen molar-refractivity contribution in [2.24, 2.45) is 0 Å². The van der Waals surface area contributed by atoms with Gasteiger partial charge in [0.15, 0.2) is 0 Å². The molecule has 0 saturated carbocycles. The molecule has 1 atom stereocenters. The van der Waals surface area contributed by atoms with Crippen LogP contribution in [0.1, 0.15) is 20.3 Å². The van der Waals surface area contributed by atoms with Crippen molar-refractivity contribution in [2.75, 3.05) is 5.32 Å². The van der Waals surface area contributed by atoms with Crippen LogP contribution in [0.5, 0.6) is 0 Å². The smallest absolute Gasteiger partial charge is 0.316 e. The molecule has 7 heteroatoms. The lowest BCUT2D eigenvalue weighted by atomic mass is 10.2. The maximum atomic E-state index is 11.3. The average molecular weight is 211 g/mol. The van der Waals surface area contributed by atoms with Crippen molar-refractivity contribution < 1.29 is 9.59 Å². The predicted octanol–water partition coefficient (Wildman–Crippen LogP) is -0.342. The first-order chi connectivity index (χ1) is 7.13. The van der Waals surface area contributed by atoms with E-state index < -0.39 is 11.8 Å². The molecule has 15 heavy (non-hydrogen) atoms. The predicted molar refractivity (Wildman–Crippen MR) is 52.9 cm³/mol. The van der Waals surface area contributed by atoms with Crippen LogP contribution < -0.4 is 10.6 Å². The number of carbonyl (C=O) groups is 2. The second-order valence-electron chi connectivity index (χ2n) is 3.07. The van der Waals surface area contributed by atoms with Gasteiger partial charge in [0.1, 0.15) is 6.33 Å². The number of nitrogens with one attached hydrogen (secondary N) is 3. The third-order valence-electron chi connectivity index (χ3n) is 1.84. The van der Waals surface area contributed by atoms with Crippen LogP contribution in [0.3, 0.4) is 0 Å². The Hall–Kier alpha value is -1.92. The quantitative estimate of drug-likeness (QED) is 0.595. The van der Waals surface area contributed by atoms with Crippen molar-refractivity contribution in [1.82, 2.24) is 20.5 Å². The molecule has 0 saturated heterocycles. The van der Waals surface area contributed by atoms with Crippen LogP contribution in [0.2, 0.25) is 0 Å². The maximum Gasteiger partial charge on any atom is 0.316 e. The largest absolute Gasteiger partial charge is 0.345 e. The van der Waals surface area contributed by atoms with Crippen LogP contribution in [0.4, 0.5) is 5.95 Å². The van der Waals surface area contributed by atoms with Crippen LogP contribution in [0.25, 0.3) is 0 Å². The Morgan fingerprint density at radius 1 is 1.53 bits per heavy atom. The summed E-state index contributed by atoms with van der Waals surface area (Å²) < 4.78 is 0. The van der Waals surface area contributed by atoms with E-state index >= 15 is 0 Å². The summed E-state index contributed by atoms with van der Waals surface area (Å²) in [5.74, 6) is -1.29. The second kappa shape index (κ2) is 5.08. The van der Waals surface area contributed by atoms with Crippen molar-refractivity contribution in [3.63, 3.8) is 0 Å². The van der Waals surface area contributed by atoms with Gasteiger partial charge in [-0.2, -0.15) is 10.1 Å². The van der Waals surface area contributed by atoms with Gasteiger partial charge in [-0.15, -0.1) is 0 Å². The summed E-state index contributed by atoms with van der Waals surface area (Å²) in [7, 11) is 0. The van der Waals surface area contributed by atoms with E-state index in [9.17, 15) is 9.59 Å². The van der Waals surface area contributed by atoms with E-state index in [2.05, 4.69) is 25.8 Å². The third kappa shape index (κ3) is 3.37. The number of aromatic nitrogens is 3. The molecule has 0 bridgehead atoms. The van der Waals surface area contributed by atoms with E-state index in [1.165, 1.54) is 6.33 Å². The molecule has 2 amide bonds. The molecule has 1 aromatic rings. The first-order valence-electron chi connectivity index (χ1n) is 4.60. The lowest BCUT2D eigenvalue weighted by Gasteiger charge is -2.09. The molecule has 0 aromatic carbocycles. The Bertz CT molecular complexity index is 335. The number of aromatic amines is 1. The summed E-state index contributed by atoms with van der Waals surface area (Å²) in [6.07, 6.45) is 2.00. The van der Waals surface area contributed by atoms with E-state index in [0.717, 1.165) is 6.42 Å². The van der Waals surface area contributed by atoms with Gasteiger partial charge in [-0.3, -0.25) is 14.9 Å². The van der Waals surface area contributed by atoms with E-state index in [-0.39, 0.29) is 12.0 Å². The highest BCUT2D eigenvalue weighted by Crippen LogP contribution is 1.93. The number of hydrogen-bond donors (Lipinski definition) is 3. The molecule has 7 nitrogen and oxygen atoms in total. The number of H-pyrrole nitrogens is 1. The fraction of sp³-hybridized carbons (Fsp3) is 0.500. The average Bonchev–Trinajstić information content (AvgIpc) is 2.70. The normalized spacial score (nSPS) is 11.9. The van der Waals surface area contributed by atoms with Crippen LogP contribution in [0, 0.1) is 0 Å². The number of amides is 2. The molecule has 0 aliphatic rings. The maximum absolute atomic E-state index is 11.3. The van der Waals surface area contributed by atoms with Gasteiger partial charge in [0.25, 0.3) is 0 Å². The van der Waals surface area contributed by atoms with Gasteiger partial charge in [-0.25, -0.2) is 5.10 Å². The first-order valence-corrected chi connectivity index (χ1v) is 4.60. The van der Waals surface area contributed by atoms with Crippen molar-refractivity contribution in [1.29, 1.82) is 0 Å². The first kappa shape index (κ1) is 11.2. The van der Waals surface area contributed by atoms with Crippen LogP contribution >= 0.6 is 0 Å². The SMILES string of the molecule is CCC(C)NC(=O)C(=O)Nc1ncn[nH]1. The van der Waals surface area contributed by atoms with Gasteiger partial charge in [-0.05, 0) is 13.3 Å². The van der Waals surface area contributed by atoms with Gasteiger partial charge in [0, 0.05) is 6.04 Å². The fourth-order valence-corrected chi connectivity index (χ4v) is 0.821. The number of hydrogen-bond acceptors (Lipinski definition) is 4. The second-order valence-corrected chi connectivity index (χ2v) is 3.07. The minimum absolute atomic E-state index is 0.0297. The number of carbonyl (C=O) groups excluding carboxylic acids is 2. The number of rotatable bonds is 3. The summed E-state index contributed by atoms with van der Waals surface area (Å²) in [5.41, 5.74) is 0. The van der Waals surface area contributed by atoms with E-state index in [4.69, 9.17) is 0 Å². The molecule has 1 aromatic heterocycles. The molecule has 0 aliphatic carbocycles. The highest BCUT2D eigenvalue weighted by atomic mass is 16.2. The lowest BCUT2D eigenvalue weighted by molar-refractivity contribution is -0.136. The van der Waals surface area contributed by atoms with Crippen LogP contribution in [-0.2, 0) is 9.59 Å². The molecule has 0 aliphatic heterocycles. The zero-order valence-corrected chi connectivity index (χ0v) is 8.57. The Morgan fingerprint density at radius 2 is 2.27 bits per heavy atom. The molecule has 0 spiro atoms. The van der Waals surface area contributed by atoms with Gasteiger partial charge < -0.3 is 5.32 Å². The summed E-state index contributed by atoms with van der Waals surface area (Å²) in [6, 6.07) is -0.0297. The minimum Gasteiger partial charge on any atom is -0.345 e. The Morgan fingerprint density at radius 3 is 2.80 bits per heavy atom. The molecular formula is C8H13N5O2. The van der Waals surface area contributed by atoms with Gasteiger partial charge in [0.2, 0.25) is 5.95 Å². The summed E-state index contributed by atoms with van der Waals surface area (Å²) in [5, 5.41) is 10.7. The number of anilines is 1. The summed E-state index contributed by atoms with van der Waals surface area (Å²) >= 11 is 0. The van der Waals surface area contributed by atoms with Gasteiger partial charge in [-0.1, -0.05) is 6.92 Å². The van der Waals surface area contributed by atoms with Crippen LogP contribution in [0.15, 0.2) is 6.33 Å². The topological polar surface area (TPSA) is 99.8 Å². The highest BCUT2D eigenvalue weighted by molar-refractivity contribution is 6.39. The fourth-order valence-electron chi connectivity index (χ4n) is 0.821. The Labute approximate surface area is 86.7 Å². The molecule has 0 fully saturated rings. The summed E-state index contributed by atoms with van der Waals surface area (Å²) in [6.45, 7) is 3.74. The Balaban J connectivity index is 2.44. The molecule has 1 rings (SSSR count). The highest BCUT2D eigenvalue weighted by Gasteiger charge is 2.16. The zero-order valence-electron chi connectivity index (χ0n) is 8.57. The van der Waals surface area contributed by atoms with E-state index in [0.29, 0.717) is 0 Å². The summed E-state index contributed by atoms with van der Waals surface area (Å²) in [4.78, 5) is 26.2. The standard InChI is InChI=1S/C8H13N5O2/c1-3-5(2)11-6(14)7(15)12-8-9-4-10-13-8/h4-5H,3H2,1-2H3,(H,11,14)(H2,9,10,12,13,15). The molecule has 82 valence electrons. The lowest BCUT2D eigenvalue weighted by Crippen LogP contribution is -2.40. The van der Waals surface area contributed by atoms with Crippen molar-refractivity contribution >= 4 is 17.8 Å². The Kier molecular flexibility index (Phi) is 3.78. The van der Waals surface area contributed by atoms with E-state index in [1.807, 2.05) is 13.8 Å². The van der Waals surface area contributed by atoms with Crippen molar-refractivity contribution in [3.8, 4) is 0 Å². The van der Waals surface area contributed by atoms with Gasteiger partial charge in [0.05, 0.1) is 0 Å². The van der Waals surface area contributed by atoms with Gasteiger partial charge >= 0.3 is 11.8 Å². The zero-order chi connectivity index (χ0) is 11.3. The molecule has 0 radical (unpaired) electrons. The molecule has 1 heterocycles. The minimum atomic E-state index is -0.757. The van der Waals surface area contributed by atoms with Crippen LogP contribution in [-0.4, -0.2) is 33.0 Å². The van der Waals surface area contributed by atoms with E-state index in [1.54, 1.807) is 0 Å². The molecular weight excluding hydrogens is 198 g/mol. The monoisotopic (exact) mass is 211 g/mol.